The van der Waals surface area contributed by atoms with Gasteiger partial charge < -0.3 is 15.1 Å². The van der Waals surface area contributed by atoms with Gasteiger partial charge in [-0.25, -0.2) is 0 Å². The molecule has 1 saturated heterocycles. The third kappa shape index (κ3) is 4.64. The average Bonchev–Trinajstić information content (AvgIpc) is 2.36. The maximum absolute atomic E-state index is 12.1. The molecule has 0 aromatic heterocycles. The van der Waals surface area contributed by atoms with Crippen molar-refractivity contribution in [2.24, 2.45) is 5.92 Å². The molecule has 5 heteroatoms. The molecule has 1 aliphatic heterocycles. The topological polar surface area (TPSA) is 52.7 Å². The van der Waals surface area contributed by atoms with Crippen LogP contribution in [-0.2, 0) is 9.59 Å². The van der Waals surface area contributed by atoms with Gasteiger partial charge in [0.2, 0.25) is 11.8 Å². The minimum absolute atomic E-state index is 0.0180. The van der Waals surface area contributed by atoms with E-state index in [1.54, 1.807) is 19.0 Å². The summed E-state index contributed by atoms with van der Waals surface area (Å²) in [5.74, 6) is 0.567. The zero-order valence-corrected chi connectivity index (χ0v) is 11.7. The molecule has 0 aliphatic carbocycles. The second-order valence-corrected chi connectivity index (χ2v) is 5.09. The number of hydrogen-bond donors (Lipinski definition) is 1. The minimum Gasteiger partial charge on any atom is -0.347 e. The molecule has 0 radical (unpaired) electrons. The molecule has 1 aliphatic rings. The van der Waals surface area contributed by atoms with E-state index in [-0.39, 0.29) is 18.4 Å². The van der Waals surface area contributed by atoms with Crippen LogP contribution in [0.2, 0.25) is 0 Å². The Labute approximate surface area is 110 Å². The summed E-state index contributed by atoms with van der Waals surface area (Å²) in [5, 5.41) is 3.29. The largest absolute Gasteiger partial charge is 0.347 e. The fraction of sp³-hybridized carbons (Fsp3) is 0.846. The Kier molecular flexibility index (Phi) is 6.12. The summed E-state index contributed by atoms with van der Waals surface area (Å²) in [6.07, 6.45) is 2.70. The molecule has 1 fully saturated rings. The van der Waals surface area contributed by atoms with E-state index in [1.165, 1.54) is 4.90 Å². The van der Waals surface area contributed by atoms with Crippen LogP contribution in [0.15, 0.2) is 0 Å². The fourth-order valence-electron chi connectivity index (χ4n) is 2.14. The Morgan fingerprint density at radius 3 is 2.28 bits per heavy atom. The van der Waals surface area contributed by atoms with Gasteiger partial charge in [-0.2, -0.15) is 0 Å². The lowest BCUT2D eigenvalue weighted by Crippen LogP contribution is -2.41. The maximum atomic E-state index is 12.1. The fourth-order valence-corrected chi connectivity index (χ4v) is 2.14. The van der Waals surface area contributed by atoms with Gasteiger partial charge in [-0.1, -0.05) is 0 Å². The number of rotatable bonds is 5. The molecule has 2 amide bonds. The molecule has 0 aromatic rings. The van der Waals surface area contributed by atoms with Crippen LogP contribution in [-0.4, -0.2) is 61.9 Å². The van der Waals surface area contributed by atoms with Crippen LogP contribution in [0, 0.1) is 5.92 Å². The monoisotopic (exact) mass is 255 g/mol. The van der Waals surface area contributed by atoms with Crippen molar-refractivity contribution in [3.8, 4) is 0 Å². The summed E-state index contributed by atoms with van der Waals surface area (Å²) >= 11 is 0. The van der Waals surface area contributed by atoms with Gasteiger partial charge in [-0.3, -0.25) is 9.59 Å². The van der Waals surface area contributed by atoms with Crippen LogP contribution >= 0.6 is 0 Å². The summed E-state index contributed by atoms with van der Waals surface area (Å²) in [5.41, 5.74) is 0. The highest BCUT2D eigenvalue weighted by molar-refractivity contribution is 5.84. The van der Waals surface area contributed by atoms with Crippen LogP contribution in [0.4, 0.5) is 0 Å². The quantitative estimate of drug-likeness (QED) is 0.769. The Hall–Kier alpha value is -1.10. The van der Waals surface area contributed by atoms with Gasteiger partial charge in [-0.15, -0.1) is 0 Å². The van der Waals surface area contributed by atoms with E-state index in [9.17, 15) is 9.59 Å². The number of amides is 2. The summed E-state index contributed by atoms with van der Waals surface area (Å²) in [6.45, 7) is 4.72. The van der Waals surface area contributed by atoms with Crippen molar-refractivity contribution in [3.63, 3.8) is 0 Å². The molecule has 0 atom stereocenters. The number of carbonyl (C=O) groups is 2. The second-order valence-electron chi connectivity index (χ2n) is 5.09. The van der Waals surface area contributed by atoms with Crippen molar-refractivity contribution >= 4 is 11.8 Å². The number of nitrogens with one attached hydrogen (secondary N) is 1. The molecule has 1 heterocycles. The molecule has 1 rings (SSSR count). The molecule has 0 bridgehead atoms. The van der Waals surface area contributed by atoms with Crippen molar-refractivity contribution in [2.75, 3.05) is 40.3 Å². The minimum atomic E-state index is -0.0180. The van der Waals surface area contributed by atoms with E-state index in [0.29, 0.717) is 18.9 Å². The Morgan fingerprint density at radius 2 is 1.78 bits per heavy atom. The highest BCUT2D eigenvalue weighted by atomic mass is 16.2. The number of hydrogen-bond acceptors (Lipinski definition) is 3. The Bertz CT molecular complexity index is 286. The van der Waals surface area contributed by atoms with Crippen molar-refractivity contribution in [1.82, 2.24) is 15.1 Å². The zero-order valence-electron chi connectivity index (χ0n) is 11.7. The average molecular weight is 255 g/mol. The normalized spacial score (nSPS) is 16.4. The lowest BCUT2D eigenvalue weighted by molar-refractivity contribution is -0.139. The van der Waals surface area contributed by atoms with Gasteiger partial charge in [0.25, 0.3) is 0 Å². The van der Waals surface area contributed by atoms with Crippen LogP contribution < -0.4 is 5.32 Å². The summed E-state index contributed by atoms with van der Waals surface area (Å²) in [4.78, 5) is 27.0. The standard InChI is InChI=1S/C13H25N3O2/c1-4-16(10-13(18)15(2)3)12(17)9-11-5-7-14-8-6-11/h11,14H,4-10H2,1-3H3. The van der Waals surface area contributed by atoms with Crippen LogP contribution in [0.3, 0.4) is 0 Å². The van der Waals surface area contributed by atoms with Gasteiger partial charge in [0.05, 0.1) is 6.54 Å². The van der Waals surface area contributed by atoms with Crippen molar-refractivity contribution < 1.29 is 9.59 Å². The molecule has 18 heavy (non-hydrogen) atoms. The van der Waals surface area contributed by atoms with E-state index >= 15 is 0 Å². The van der Waals surface area contributed by atoms with E-state index < -0.39 is 0 Å². The van der Waals surface area contributed by atoms with Crippen LogP contribution in [0.25, 0.3) is 0 Å². The Balaban J connectivity index is 2.43. The number of carbonyl (C=O) groups excluding carboxylic acids is 2. The predicted octanol–water partition coefficient (Wildman–Crippen LogP) is 0.313. The van der Waals surface area contributed by atoms with E-state index in [4.69, 9.17) is 0 Å². The third-order valence-corrected chi connectivity index (χ3v) is 3.48. The van der Waals surface area contributed by atoms with Crippen molar-refractivity contribution in [1.29, 1.82) is 0 Å². The molecule has 0 spiro atoms. The molecule has 104 valence electrons. The highest BCUT2D eigenvalue weighted by Crippen LogP contribution is 2.17. The molecular formula is C13H25N3O2. The van der Waals surface area contributed by atoms with Gasteiger partial charge in [0.1, 0.15) is 0 Å². The van der Waals surface area contributed by atoms with E-state index in [0.717, 1.165) is 25.9 Å². The number of nitrogens with zero attached hydrogens (tertiary/aromatic N) is 2. The first kappa shape index (κ1) is 15.0. The summed E-state index contributed by atoms with van der Waals surface area (Å²) < 4.78 is 0. The van der Waals surface area contributed by atoms with Gasteiger partial charge >= 0.3 is 0 Å². The van der Waals surface area contributed by atoms with Gasteiger partial charge in [0, 0.05) is 27.1 Å². The third-order valence-electron chi connectivity index (χ3n) is 3.48. The van der Waals surface area contributed by atoms with Crippen molar-refractivity contribution in [2.45, 2.75) is 26.2 Å². The Morgan fingerprint density at radius 1 is 1.17 bits per heavy atom. The van der Waals surface area contributed by atoms with E-state index in [2.05, 4.69) is 5.32 Å². The second kappa shape index (κ2) is 7.36. The SMILES string of the molecule is CCN(CC(=O)N(C)C)C(=O)CC1CCNCC1. The molecule has 0 aromatic carbocycles. The summed E-state index contributed by atoms with van der Waals surface area (Å²) in [7, 11) is 3.43. The first-order valence-corrected chi connectivity index (χ1v) is 6.73. The van der Waals surface area contributed by atoms with Crippen molar-refractivity contribution in [3.05, 3.63) is 0 Å². The zero-order chi connectivity index (χ0) is 13.5. The number of piperidine rings is 1. The molecule has 0 unspecified atom stereocenters. The van der Waals surface area contributed by atoms with Gasteiger partial charge in [-0.05, 0) is 38.8 Å². The smallest absolute Gasteiger partial charge is 0.241 e. The predicted molar refractivity (Wildman–Crippen MR) is 71.2 cm³/mol. The first-order valence-electron chi connectivity index (χ1n) is 6.73. The molecule has 0 saturated carbocycles. The van der Waals surface area contributed by atoms with Gasteiger partial charge in [0.15, 0.2) is 0 Å². The van der Waals surface area contributed by atoms with E-state index in [1.807, 2.05) is 6.92 Å². The molecular weight excluding hydrogens is 230 g/mol. The maximum Gasteiger partial charge on any atom is 0.241 e. The highest BCUT2D eigenvalue weighted by Gasteiger charge is 2.21. The van der Waals surface area contributed by atoms with Crippen LogP contribution in [0.5, 0.6) is 0 Å². The first-order chi connectivity index (χ1) is 8.54. The lowest BCUT2D eigenvalue weighted by Gasteiger charge is -2.26. The molecule has 5 nitrogen and oxygen atoms in total. The number of likely N-dealkylation sites (N-methyl/N-ethyl adjacent to an activating group) is 2. The lowest BCUT2D eigenvalue weighted by atomic mass is 9.94. The molecule has 1 N–H and O–H groups in total. The van der Waals surface area contributed by atoms with Crippen LogP contribution in [0.1, 0.15) is 26.2 Å². The summed E-state index contributed by atoms with van der Waals surface area (Å²) in [6, 6.07) is 0.